The van der Waals surface area contributed by atoms with E-state index in [1.807, 2.05) is 0 Å². The molecule has 1 aromatic heterocycles. The fraction of sp³-hybridized carbons (Fsp3) is 0.103. The Morgan fingerprint density at radius 3 is 1.27 bits per heavy atom. The first-order valence-electron chi connectivity index (χ1n) is 25.0. The molecule has 10 aromatic rings. The van der Waals surface area contributed by atoms with E-state index in [0.29, 0.717) is 17.5 Å². The van der Waals surface area contributed by atoms with Gasteiger partial charge < -0.3 is 0 Å². The van der Waals surface area contributed by atoms with Crippen LogP contribution in [-0.2, 0) is 16.2 Å². The number of nitrogens with zero attached hydrogens (tertiary/aromatic N) is 3. The lowest BCUT2D eigenvalue weighted by Gasteiger charge is -2.31. The van der Waals surface area contributed by atoms with Gasteiger partial charge in [-0.3, -0.25) is 0 Å². The normalized spacial score (nSPS) is 17.2. The highest BCUT2D eigenvalue weighted by atomic mass is 15.0. The van der Waals surface area contributed by atoms with Crippen LogP contribution in [0.2, 0.25) is 0 Å². The van der Waals surface area contributed by atoms with Gasteiger partial charge in [0.05, 0.1) is 10.8 Å². The van der Waals surface area contributed by atoms with Crippen molar-refractivity contribution in [1.29, 1.82) is 0 Å². The minimum absolute atomic E-state index is 0.196. The second-order valence-corrected chi connectivity index (χ2v) is 20.5. The molecular weight excluding hydrogens is 859 g/mol. The highest BCUT2D eigenvalue weighted by molar-refractivity contribution is 6.02. The Morgan fingerprint density at radius 2 is 0.718 bits per heavy atom. The van der Waals surface area contributed by atoms with Crippen molar-refractivity contribution in [3.63, 3.8) is 0 Å². The maximum atomic E-state index is 5.72. The zero-order chi connectivity index (χ0) is 47.4. The summed E-state index contributed by atoms with van der Waals surface area (Å²) in [5.41, 5.74) is 27.2. The topological polar surface area (TPSA) is 38.7 Å². The molecule has 0 N–H and O–H groups in total. The fourth-order valence-corrected chi connectivity index (χ4v) is 14.1. The minimum Gasteiger partial charge on any atom is -0.208 e. The first kappa shape index (κ1) is 40.4. The van der Waals surface area contributed by atoms with E-state index < -0.39 is 10.8 Å². The van der Waals surface area contributed by atoms with Crippen LogP contribution in [0.1, 0.15) is 83.3 Å². The summed E-state index contributed by atoms with van der Waals surface area (Å²) in [5.74, 6) is 1.97. The Kier molecular flexibility index (Phi) is 8.12. The molecule has 3 heteroatoms. The van der Waals surface area contributed by atoms with Crippen LogP contribution in [0.5, 0.6) is 0 Å². The Bertz CT molecular complexity index is 4020. The zero-order valence-corrected chi connectivity index (χ0v) is 40.0. The van der Waals surface area contributed by atoms with Gasteiger partial charge in [-0.05, 0) is 131 Å². The SMILES string of the molecule is CC=CC1=C(C)c2ccccc2C12c1ccccc1-c1c(-c3nc(-c4ccc5c(c4)C(C)(C)c4ccccc4-5)nc(-c4cccc5c4-c4ccccc4C54c5ccccc5-c5ccccc54)n3)cccc12. The second kappa shape index (κ2) is 14.3. The van der Waals surface area contributed by atoms with E-state index >= 15 is 0 Å². The number of benzene rings is 9. The van der Waals surface area contributed by atoms with Crippen LogP contribution in [0.25, 0.3) is 84.2 Å². The van der Waals surface area contributed by atoms with Gasteiger partial charge in [-0.15, -0.1) is 0 Å². The summed E-state index contributed by atoms with van der Waals surface area (Å²) in [6, 6.07) is 74.3. The van der Waals surface area contributed by atoms with Crippen LogP contribution in [-0.4, -0.2) is 15.0 Å². The van der Waals surface area contributed by atoms with E-state index in [2.05, 4.69) is 240 Å². The summed E-state index contributed by atoms with van der Waals surface area (Å²) in [5, 5.41) is 0. The number of aromatic nitrogens is 3. The number of fused-ring (bicyclic) bond motifs is 20. The quantitative estimate of drug-likeness (QED) is 0.177. The molecule has 1 heterocycles. The Balaban J connectivity index is 1.02. The van der Waals surface area contributed by atoms with Gasteiger partial charge in [0.15, 0.2) is 17.5 Å². The molecule has 0 saturated heterocycles. The molecular formula is C68H47N3. The highest BCUT2D eigenvalue weighted by Gasteiger charge is 2.54. The van der Waals surface area contributed by atoms with Crippen LogP contribution in [0.4, 0.5) is 0 Å². The van der Waals surface area contributed by atoms with Crippen LogP contribution in [0.3, 0.4) is 0 Å². The van der Waals surface area contributed by atoms with E-state index in [9.17, 15) is 0 Å². The predicted octanol–water partition coefficient (Wildman–Crippen LogP) is 16.2. The molecule has 15 rings (SSSR count). The smallest absolute Gasteiger partial charge is 0.164 e. The Labute approximate surface area is 414 Å². The molecule has 0 amide bonds. The lowest BCUT2D eigenvalue weighted by molar-refractivity contribution is 0.660. The monoisotopic (exact) mass is 905 g/mol. The van der Waals surface area contributed by atoms with E-state index in [0.717, 1.165) is 16.7 Å². The van der Waals surface area contributed by atoms with Crippen LogP contribution in [0.15, 0.2) is 218 Å². The standard InChI is InChI=1S/C68H47N3/c1-5-20-51-40(2)42-21-6-13-30-53(42)67(51)56-33-16-10-25-47(56)61-49(27-18-35-58(61)67)64-69-63(41-37-38-46-43-22-7-12-29-52(43)66(3,4)60(46)39-41)70-65(71-64)50-28-19-36-59-62(50)48-26-11-17-34-57(48)68(59)54-31-14-8-23-44(54)45-24-9-15-32-55(45)68/h5-39H,1-4H3. The van der Waals surface area contributed by atoms with Gasteiger partial charge in [-0.25, -0.2) is 15.0 Å². The predicted molar refractivity (Wildman–Crippen MR) is 289 cm³/mol. The molecule has 2 spiro atoms. The number of hydrogen-bond donors (Lipinski definition) is 0. The summed E-state index contributed by atoms with van der Waals surface area (Å²) in [4.78, 5) is 17.0. The van der Waals surface area contributed by atoms with Crippen molar-refractivity contribution in [2.24, 2.45) is 0 Å². The number of allylic oxidation sites excluding steroid dienone is 4. The summed E-state index contributed by atoms with van der Waals surface area (Å²) in [7, 11) is 0. The average molecular weight is 906 g/mol. The van der Waals surface area contributed by atoms with E-state index in [4.69, 9.17) is 15.0 Å². The fourth-order valence-electron chi connectivity index (χ4n) is 14.1. The molecule has 1 unspecified atom stereocenters. The van der Waals surface area contributed by atoms with E-state index in [1.54, 1.807) is 0 Å². The van der Waals surface area contributed by atoms with Crippen molar-refractivity contribution in [2.45, 2.75) is 43.9 Å². The van der Waals surface area contributed by atoms with Crippen molar-refractivity contribution < 1.29 is 0 Å². The lowest BCUT2D eigenvalue weighted by Crippen LogP contribution is -2.26. The van der Waals surface area contributed by atoms with Crippen molar-refractivity contribution in [3.8, 4) is 78.7 Å². The van der Waals surface area contributed by atoms with Gasteiger partial charge in [0.2, 0.25) is 0 Å². The lowest BCUT2D eigenvalue weighted by atomic mass is 9.69. The Hall–Kier alpha value is -8.53. The third kappa shape index (κ3) is 4.95. The molecule has 71 heavy (non-hydrogen) atoms. The van der Waals surface area contributed by atoms with Gasteiger partial charge in [-0.1, -0.05) is 220 Å². The van der Waals surface area contributed by atoms with Crippen LogP contribution < -0.4 is 0 Å². The molecule has 1 atom stereocenters. The molecule has 5 aliphatic carbocycles. The second-order valence-electron chi connectivity index (χ2n) is 20.5. The Morgan fingerprint density at radius 1 is 0.338 bits per heavy atom. The molecule has 0 saturated carbocycles. The zero-order valence-electron chi connectivity index (χ0n) is 40.0. The van der Waals surface area contributed by atoms with Gasteiger partial charge in [0, 0.05) is 22.1 Å². The third-order valence-electron chi connectivity index (χ3n) is 16.9. The minimum atomic E-state index is -0.499. The van der Waals surface area contributed by atoms with Crippen LogP contribution >= 0.6 is 0 Å². The largest absolute Gasteiger partial charge is 0.208 e. The molecule has 5 aliphatic rings. The summed E-state index contributed by atoms with van der Waals surface area (Å²) in [6.07, 6.45) is 4.53. The van der Waals surface area contributed by atoms with Crippen molar-refractivity contribution in [3.05, 3.63) is 274 Å². The maximum Gasteiger partial charge on any atom is 0.164 e. The summed E-state index contributed by atoms with van der Waals surface area (Å²) in [6.45, 7) is 9.10. The molecule has 0 fully saturated rings. The molecule has 0 bridgehead atoms. The van der Waals surface area contributed by atoms with Gasteiger partial charge >= 0.3 is 0 Å². The van der Waals surface area contributed by atoms with Gasteiger partial charge in [-0.2, -0.15) is 0 Å². The van der Waals surface area contributed by atoms with Gasteiger partial charge in [0.1, 0.15) is 0 Å². The molecule has 334 valence electrons. The molecule has 3 nitrogen and oxygen atoms in total. The summed E-state index contributed by atoms with van der Waals surface area (Å²) < 4.78 is 0. The van der Waals surface area contributed by atoms with Gasteiger partial charge in [0.25, 0.3) is 0 Å². The summed E-state index contributed by atoms with van der Waals surface area (Å²) >= 11 is 0. The maximum absolute atomic E-state index is 5.72. The van der Waals surface area contributed by atoms with Crippen molar-refractivity contribution >= 4 is 5.57 Å². The first-order valence-corrected chi connectivity index (χ1v) is 25.0. The average Bonchev–Trinajstić information content (AvgIpc) is 4.15. The number of rotatable bonds is 4. The number of hydrogen-bond acceptors (Lipinski definition) is 3. The van der Waals surface area contributed by atoms with Crippen molar-refractivity contribution in [1.82, 2.24) is 15.0 Å². The highest BCUT2D eigenvalue weighted by Crippen LogP contribution is 2.65. The molecule has 0 aliphatic heterocycles. The third-order valence-corrected chi connectivity index (χ3v) is 16.9. The van der Waals surface area contributed by atoms with E-state index in [-0.39, 0.29) is 5.41 Å². The molecule has 0 radical (unpaired) electrons. The van der Waals surface area contributed by atoms with E-state index in [1.165, 1.54) is 111 Å². The first-order chi connectivity index (χ1) is 34.9. The molecule has 9 aromatic carbocycles. The van der Waals surface area contributed by atoms with Crippen molar-refractivity contribution in [2.75, 3.05) is 0 Å². The van der Waals surface area contributed by atoms with Crippen LogP contribution in [0, 0.1) is 0 Å².